The third-order valence-corrected chi connectivity index (χ3v) is 8.42. The topological polar surface area (TPSA) is 86.8 Å². The fourth-order valence-electron chi connectivity index (χ4n) is 4.16. The predicted octanol–water partition coefficient (Wildman–Crippen LogP) is 4.44. The van der Waals surface area contributed by atoms with E-state index in [0.717, 1.165) is 9.87 Å². The van der Waals surface area contributed by atoms with Crippen molar-refractivity contribution >= 4 is 39.1 Å². The molecule has 1 N–H and O–H groups in total. The Morgan fingerprint density at radius 2 is 1.57 bits per heavy atom. The first-order valence-corrected chi connectivity index (χ1v) is 13.9. The van der Waals surface area contributed by atoms with Crippen molar-refractivity contribution < 1.29 is 18.0 Å². The number of carbonyl (C=O) groups is 2. The number of hydrogen-bond donors (Lipinski definition) is 1. The van der Waals surface area contributed by atoms with Crippen LogP contribution in [0.5, 0.6) is 0 Å². The number of nitrogens with zero attached hydrogens (tertiary/aromatic N) is 2. The maximum atomic E-state index is 13.8. The minimum atomic E-state index is -4.12. The highest BCUT2D eigenvalue weighted by Gasteiger charge is 2.33. The molecule has 0 aliphatic heterocycles. The Bertz CT molecular complexity index is 1320. The van der Waals surface area contributed by atoms with Gasteiger partial charge in [-0.25, -0.2) is 8.42 Å². The molecule has 3 aromatic carbocycles. The first-order valence-electron chi connectivity index (χ1n) is 12.1. The molecule has 0 saturated heterocycles. The Hall–Kier alpha value is -3.36. The normalized spacial score (nSPS) is 12.0. The summed E-state index contributed by atoms with van der Waals surface area (Å²) in [6, 6.07) is 21.8. The van der Waals surface area contributed by atoms with E-state index >= 15 is 0 Å². The van der Waals surface area contributed by atoms with E-state index in [1.165, 1.54) is 24.1 Å². The molecule has 1 atom stereocenters. The molecule has 9 heteroatoms. The Morgan fingerprint density at radius 1 is 0.946 bits per heavy atom. The number of anilines is 1. The molecule has 3 aromatic rings. The largest absolute Gasteiger partial charge is 0.357 e. The number of carbonyl (C=O) groups excluding carboxylic acids is 2. The van der Waals surface area contributed by atoms with E-state index in [9.17, 15) is 18.0 Å². The monoisotopic (exact) mass is 541 g/mol. The van der Waals surface area contributed by atoms with Gasteiger partial charge in [0, 0.05) is 18.6 Å². The first-order chi connectivity index (χ1) is 17.7. The summed E-state index contributed by atoms with van der Waals surface area (Å²) in [4.78, 5) is 28.1. The number of rotatable bonds is 11. The van der Waals surface area contributed by atoms with Crippen LogP contribution in [-0.4, -0.2) is 51.3 Å². The molecule has 37 heavy (non-hydrogen) atoms. The van der Waals surface area contributed by atoms with E-state index in [1.54, 1.807) is 43.3 Å². The highest BCUT2D eigenvalue weighted by Crippen LogP contribution is 2.31. The summed E-state index contributed by atoms with van der Waals surface area (Å²) in [6.45, 7) is 3.30. The van der Waals surface area contributed by atoms with Gasteiger partial charge in [0.2, 0.25) is 11.8 Å². The maximum absolute atomic E-state index is 13.8. The summed E-state index contributed by atoms with van der Waals surface area (Å²) in [6.07, 6.45) is 0.892. The van der Waals surface area contributed by atoms with Gasteiger partial charge in [0.1, 0.15) is 12.6 Å². The summed E-state index contributed by atoms with van der Waals surface area (Å²) < 4.78 is 28.7. The number of halogens is 1. The summed E-state index contributed by atoms with van der Waals surface area (Å²) in [5.74, 6) is -0.787. The average molecular weight is 542 g/mol. The van der Waals surface area contributed by atoms with Crippen LogP contribution in [0.1, 0.15) is 24.5 Å². The van der Waals surface area contributed by atoms with Crippen molar-refractivity contribution in [3.05, 3.63) is 95.0 Å². The molecule has 0 spiro atoms. The number of benzene rings is 3. The molecule has 7 nitrogen and oxygen atoms in total. The molecular weight excluding hydrogens is 510 g/mol. The van der Waals surface area contributed by atoms with Gasteiger partial charge in [-0.15, -0.1) is 0 Å². The van der Waals surface area contributed by atoms with Gasteiger partial charge in [0.05, 0.1) is 10.6 Å². The van der Waals surface area contributed by atoms with Crippen molar-refractivity contribution in [2.75, 3.05) is 24.4 Å². The van der Waals surface area contributed by atoms with Crippen LogP contribution in [0.3, 0.4) is 0 Å². The van der Waals surface area contributed by atoms with Crippen LogP contribution in [0.2, 0.25) is 5.02 Å². The van der Waals surface area contributed by atoms with Gasteiger partial charge in [0.15, 0.2) is 0 Å². The molecule has 3 rings (SSSR count). The summed E-state index contributed by atoms with van der Waals surface area (Å²) in [7, 11) is -2.60. The highest BCUT2D eigenvalue weighted by molar-refractivity contribution is 7.92. The van der Waals surface area contributed by atoms with Crippen LogP contribution in [0.4, 0.5) is 5.69 Å². The SMILES string of the molecule is CCC(C(=O)NC)N(CCc1ccccc1)C(=O)CN(c1cccc(Cl)c1C)S(=O)(=O)c1ccccc1. The lowest BCUT2D eigenvalue weighted by molar-refractivity contribution is -0.139. The quantitative estimate of drug-likeness (QED) is 0.389. The standard InChI is InChI=1S/C28H32ClN3O4S/c1-4-25(28(34)30-3)31(19-18-22-12-7-5-8-13-22)27(33)20-32(26-17-11-16-24(29)21(26)2)37(35,36)23-14-9-6-10-15-23/h5-17,25H,4,18-20H2,1-3H3,(H,30,34). The van der Waals surface area contributed by atoms with Gasteiger partial charge in [-0.05, 0) is 55.2 Å². The van der Waals surface area contributed by atoms with Crippen LogP contribution in [0.15, 0.2) is 83.8 Å². The van der Waals surface area contributed by atoms with E-state index in [4.69, 9.17) is 11.6 Å². The van der Waals surface area contributed by atoms with E-state index in [2.05, 4.69) is 5.32 Å². The van der Waals surface area contributed by atoms with E-state index in [0.29, 0.717) is 29.1 Å². The van der Waals surface area contributed by atoms with Gasteiger partial charge < -0.3 is 10.2 Å². The number of hydrogen-bond acceptors (Lipinski definition) is 4. The van der Waals surface area contributed by atoms with Gasteiger partial charge in [-0.1, -0.05) is 73.1 Å². The number of amides is 2. The minimum absolute atomic E-state index is 0.0522. The summed E-state index contributed by atoms with van der Waals surface area (Å²) >= 11 is 6.33. The van der Waals surface area contributed by atoms with Crippen LogP contribution in [0.25, 0.3) is 0 Å². The second-order valence-electron chi connectivity index (χ2n) is 8.57. The molecule has 196 valence electrons. The summed E-state index contributed by atoms with van der Waals surface area (Å²) in [5, 5.41) is 3.01. The van der Waals surface area contributed by atoms with Crippen molar-refractivity contribution in [1.82, 2.24) is 10.2 Å². The fourth-order valence-corrected chi connectivity index (χ4v) is 5.82. The van der Waals surface area contributed by atoms with Crippen LogP contribution in [0, 0.1) is 6.92 Å². The van der Waals surface area contributed by atoms with E-state index in [1.807, 2.05) is 37.3 Å². The second-order valence-corrected chi connectivity index (χ2v) is 10.8. The number of sulfonamides is 1. The summed E-state index contributed by atoms with van der Waals surface area (Å²) in [5.41, 5.74) is 1.85. The molecule has 0 saturated carbocycles. The first kappa shape index (κ1) is 28.2. The molecule has 1 unspecified atom stereocenters. The smallest absolute Gasteiger partial charge is 0.264 e. The van der Waals surface area contributed by atoms with Gasteiger partial charge in [-0.3, -0.25) is 13.9 Å². The van der Waals surface area contributed by atoms with Crippen molar-refractivity contribution in [3.8, 4) is 0 Å². The molecule has 0 aromatic heterocycles. The molecule has 0 aliphatic rings. The molecule has 0 radical (unpaired) electrons. The number of nitrogens with one attached hydrogen (secondary N) is 1. The molecule has 0 heterocycles. The lowest BCUT2D eigenvalue weighted by Gasteiger charge is -2.33. The Labute approximate surface area is 224 Å². The van der Waals surface area contributed by atoms with Gasteiger partial charge in [0.25, 0.3) is 10.0 Å². The lowest BCUT2D eigenvalue weighted by Crippen LogP contribution is -2.52. The van der Waals surface area contributed by atoms with Crippen LogP contribution in [-0.2, 0) is 26.0 Å². The van der Waals surface area contributed by atoms with Crippen molar-refractivity contribution in [2.45, 2.75) is 37.6 Å². The zero-order chi connectivity index (χ0) is 27.0. The Morgan fingerprint density at radius 3 is 2.16 bits per heavy atom. The molecule has 0 bridgehead atoms. The van der Waals surface area contributed by atoms with E-state index < -0.39 is 28.5 Å². The Balaban J connectivity index is 2.03. The third-order valence-electron chi connectivity index (χ3n) is 6.23. The number of likely N-dealkylation sites (N-methyl/N-ethyl adjacent to an activating group) is 1. The van der Waals surface area contributed by atoms with Gasteiger partial charge in [-0.2, -0.15) is 0 Å². The third kappa shape index (κ3) is 6.70. The lowest BCUT2D eigenvalue weighted by atomic mass is 10.1. The van der Waals surface area contributed by atoms with Crippen LogP contribution < -0.4 is 9.62 Å². The predicted molar refractivity (Wildman–Crippen MR) is 147 cm³/mol. The molecule has 2 amide bonds. The van der Waals surface area contributed by atoms with Crippen molar-refractivity contribution in [2.24, 2.45) is 0 Å². The Kier molecular flexibility index (Phi) is 9.72. The highest BCUT2D eigenvalue weighted by atomic mass is 35.5. The van der Waals surface area contributed by atoms with Crippen molar-refractivity contribution in [1.29, 1.82) is 0 Å². The van der Waals surface area contributed by atoms with E-state index in [-0.39, 0.29) is 17.3 Å². The van der Waals surface area contributed by atoms with Crippen molar-refractivity contribution in [3.63, 3.8) is 0 Å². The van der Waals surface area contributed by atoms with Gasteiger partial charge >= 0.3 is 0 Å². The molecular formula is C28H32ClN3O4S. The second kappa shape index (κ2) is 12.7. The fraction of sp³-hybridized carbons (Fsp3) is 0.286. The maximum Gasteiger partial charge on any atom is 0.264 e. The zero-order valence-electron chi connectivity index (χ0n) is 21.2. The minimum Gasteiger partial charge on any atom is -0.357 e. The zero-order valence-corrected chi connectivity index (χ0v) is 22.8. The molecule has 0 aliphatic carbocycles. The van der Waals surface area contributed by atoms with Crippen LogP contribution >= 0.6 is 11.6 Å². The average Bonchev–Trinajstić information content (AvgIpc) is 2.92. The molecule has 0 fully saturated rings.